The number of carbonyl (C=O) groups excluding carboxylic acids is 1. The topological polar surface area (TPSA) is 98.3 Å². The van der Waals surface area contributed by atoms with Crippen molar-refractivity contribution >= 4 is 51.6 Å². The molecule has 0 unspecified atom stereocenters. The molecule has 0 fully saturated rings. The van der Waals surface area contributed by atoms with Gasteiger partial charge in [-0.05, 0) is 48.9 Å². The van der Waals surface area contributed by atoms with E-state index in [9.17, 15) is 14.9 Å². The summed E-state index contributed by atoms with van der Waals surface area (Å²) in [6, 6.07) is 14.2. The van der Waals surface area contributed by atoms with Crippen LogP contribution < -0.4 is 5.32 Å². The second-order valence-electron chi connectivity index (χ2n) is 6.54. The van der Waals surface area contributed by atoms with E-state index in [-0.39, 0.29) is 16.3 Å². The predicted molar refractivity (Wildman–Crippen MR) is 115 cm³/mol. The van der Waals surface area contributed by atoms with E-state index in [4.69, 9.17) is 27.6 Å². The zero-order valence-corrected chi connectivity index (χ0v) is 17.0. The fraction of sp³-hybridized carbons (Fsp3) is 0.0476. The fourth-order valence-corrected chi connectivity index (χ4v) is 3.27. The summed E-state index contributed by atoms with van der Waals surface area (Å²) in [5, 5.41) is 14.4. The molecule has 0 bridgehead atoms. The van der Waals surface area contributed by atoms with E-state index < -0.39 is 10.8 Å². The monoisotopic (exact) mass is 441 g/mol. The zero-order chi connectivity index (χ0) is 21.4. The van der Waals surface area contributed by atoms with Crippen LogP contribution in [0, 0.1) is 17.0 Å². The van der Waals surface area contributed by atoms with Gasteiger partial charge in [-0.2, -0.15) is 0 Å². The van der Waals surface area contributed by atoms with Gasteiger partial charge in [-0.1, -0.05) is 29.3 Å². The normalized spacial score (nSPS) is 10.9. The molecule has 30 heavy (non-hydrogen) atoms. The van der Waals surface area contributed by atoms with Crippen molar-refractivity contribution in [1.82, 2.24) is 4.98 Å². The Hall–Kier alpha value is -3.42. The van der Waals surface area contributed by atoms with E-state index in [1.807, 2.05) is 19.1 Å². The van der Waals surface area contributed by atoms with Crippen molar-refractivity contribution in [3.8, 4) is 11.5 Å². The standard InChI is InChI=1S/C21H13Cl2N3O4/c1-11-2-3-12(21-25-18-9-13(22)4-7-19(18)30-21)8-17(11)24-20(27)15-10-14(26(28)29)5-6-16(15)23/h2-10H,1H3,(H,24,27). The molecule has 0 saturated carbocycles. The van der Waals surface area contributed by atoms with E-state index in [0.717, 1.165) is 11.6 Å². The van der Waals surface area contributed by atoms with Crippen LogP contribution in [0.15, 0.2) is 59.0 Å². The lowest BCUT2D eigenvalue weighted by atomic mass is 10.1. The summed E-state index contributed by atoms with van der Waals surface area (Å²) in [4.78, 5) is 27.6. The minimum Gasteiger partial charge on any atom is -0.436 e. The number of nitrogens with one attached hydrogen (secondary N) is 1. The third-order valence-electron chi connectivity index (χ3n) is 4.49. The number of nitrogens with zero attached hydrogens (tertiary/aromatic N) is 2. The molecule has 4 aromatic rings. The van der Waals surface area contributed by atoms with Gasteiger partial charge in [0.05, 0.1) is 15.5 Å². The molecule has 4 rings (SSSR count). The molecule has 7 nitrogen and oxygen atoms in total. The first-order valence-electron chi connectivity index (χ1n) is 8.74. The Labute approximate surface area is 180 Å². The summed E-state index contributed by atoms with van der Waals surface area (Å²) in [5.41, 5.74) is 2.92. The number of hydrogen-bond donors (Lipinski definition) is 1. The number of hydrogen-bond acceptors (Lipinski definition) is 5. The number of fused-ring (bicyclic) bond motifs is 1. The summed E-state index contributed by atoms with van der Waals surface area (Å²) in [6.45, 7) is 1.82. The highest BCUT2D eigenvalue weighted by Crippen LogP contribution is 2.30. The molecule has 0 radical (unpaired) electrons. The molecule has 3 aromatic carbocycles. The lowest BCUT2D eigenvalue weighted by Gasteiger charge is -2.10. The number of aryl methyl sites for hydroxylation is 1. The number of rotatable bonds is 4. The highest BCUT2D eigenvalue weighted by molar-refractivity contribution is 6.34. The first-order chi connectivity index (χ1) is 14.3. The van der Waals surface area contributed by atoms with Crippen molar-refractivity contribution < 1.29 is 14.1 Å². The first-order valence-corrected chi connectivity index (χ1v) is 9.50. The molecular formula is C21H13Cl2N3O4. The number of non-ortho nitro benzene ring substituents is 1. The zero-order valence-electron chi connectivity index (χ0n) is 15.5. The molecule has 0 spiro atoms. The maximum atomic E-state index is 12.7. The molecule has 0 aliphatic carbocycles. The van der Waals surface area contributed by atoms with Gasteiger partial charge in [-0.25, -0.2) is 4.98 Å². The highest BCUT2D eigenvalue weighted by Gasteiger charge is 2.17. The van der Waals surface area contributed by atoms with Gasteiger partial charge in [0.1, 0.15) is 5.52 Å². The second-order valence-corrected chi connectivity index (χ2v) is 7.38. The molecular weight excluding hydrogens is 429 g/mol. The van der Waals surface area contributed by atoms with Gasteiger partial charge < -0.3 is 9.73 Å². The Morgan fingerprint density at radius 3 is 2.67 bits per heavy atom. The van der Waals surface area contributed by atoms with Crippen molar-refractivity contribution in [2.45, 2.75) is 6.92 Å². The number of nitro benzene ring substituents is 1. The van der Waals surface area contributed by atoms with E-state index in [1.165, 1.54) is 12.1 Å². The maximum Gasteiger partial charge on any atom is 0.270 e. The average molecular weight is 442 g/mol. The third kappa shape index (κ3) is 3.85. The van der Waals surface area contributed by atoms with Crippen molar-refractivity contribution in [2.75, 3.05) is 5.32 Å². The maximum absolute atomic E-state index is 12.7. The number of benzene rings is 3. The molecule has 0 aliphatic heterocycles. The van der Waals surface area contributed by atoms with E-state index in [0.29, 0.717) is 33.3 Å². The molecule has 1 amide bonds. The van der Waals surface area contributed by atoms with E-state index in [1.54, 1.807) is 24.3 Å². The van der Waals surface area contributed by atoms with Crippen molar-refractivity contribution in [1.29, 1.82) is 0 Å². The lowest BCUT2D eigenvalue weighted by Crippen LogP contribution is -2.13. The lowest BCUT2D eigenvalue weighted by molar-refractivity contribution is -0.384. The van der Waals surface area contributed by atoms with Crippen molar-refractivity contribution in [2.24, 2.45) is 0 Å². The van der Waals surface area contributed by atoms with Crippen LogP contribution in [0.1, 0.15) is 15.9 Å². The van der Waals surface area contributed by atoms with Crippen LogP contribution in [0.5, 0.6) is 0 Å². The molecule has 0 saturated heterocycles. The minimum atomic E-state index is -0.585. The molecule has 1 aromatic heterocycles. The van der Waals surface area contributed by atoms with Gasteiger partial charge in [-0.3, -0.25) is 14.9 Å². The van der Waals surface area contributed by atoms with Gasteiger partial charge in [0.2, 0.25) is 5.89 Å². The Bertz CT molecular complexity index is 1320. The first kappa shape index (κ1) is 19.9. The number of oxazole rings is 1. The Morgan fingerprint density at radius 2 is 1.90 bits per heavy atom. The van der Waals surface area contributed by atoms with Crippen LogP contribution in [0.2, 0.25) is 10.0 Å². The summed E-state index contributed by atoms with van der Waals surface area (Å²) < 4.78 is 5.78. The molecule has 0 aliphatic rings. The Morgan fingerprint density at radius 1 is 1.10 bits per heavy atom. The highest BCUT2D eigenvalue weighted by atomic mass is 35.5. The minimum absolute atomic E-state index is 0.00664. The smallest absolute Gasteiger partial charge is 0.270 e. The number of amides is 1. The van der Waals surface area contributed by atoms with Crippen LogP contribution in [-0.2, 0) is 0 Å². The molecule has 150 valence electrons. The van der Waals surface area contributed by atoms with Crippen LogP contribution >= 0.6 is 23.2 Å². The Balaban J connectivity index is 1.67. The quantitative estimate of drug-likeness (QED) is 0.297. The largest absolute Gasteiger partial charge is 0.436 e. The molecule has 9 heteroatoms. The van der Waals surface area contributed by atoms with Gasteiger partial charge >= 0.3 is 0 Å². The number of nitro groups is 1. The van der Waals surface area contributed by atoms with Crippen LogP contribution in [0.3, 0.4) is 0 Å². The van der Waals surface area contributed by atoms with Gasteiger partial charge in [-0.15, -0.1) is 0 Å². The average Bonchev–Trinajstić information content (AvgIpc) is 3.12. The predicted octanol–water partition coefficient (Wildman–Crippen LogP) is 6.27. The number of halogens is 2. The number of carbonyl (C=O) groups is 1. The van der Waals surface area contributed by atoms with Crippen molar-refractivity contribution in [3.05, 3.63) is 85.9 Å². The van der Waals surface area contributed by atoms with Crippen LogP contribution in [-0.4, -0.2) is 15.8 Å². The Kier molecular flexibility index (Phi) is 5.15. The third-order valence-corrected chi connectivity index (χ3v) is 5.05. The van der Waals surface area contributed by atoms with Crippen molar-refractivity contribution in [3.63, 3.8) is 0 Å². The molecule has 1 N–H and O–H groups in total. The van der Waals surface area contributed by atoms with E-state index in [2.05, 4.69) is 10.3 Å². The van der Waals surface area contributed by atoms with Crippen LogP contribution in [0.25, 0.3) is 22.6 Å². The summed E-state index contributed by atoms with van der Waals surface area (Å²) in [6.07, 6.45) is 0. The summed E-state index contributed by atoms with van der Waals surface area (Å²) in [5.74, 6) is -0.190. The fourth-order valence-electron chi connectivity index (χ4n) is 2.90. The number of aromatic nitrogens is 1. The van der Waals surface area contributed by atoms with Gasteiger partial charge in [0.25, 0.3) is 11.6 Å². The number of anilines is 1. The van der Waals surface area contributed by atoms with Crippen LogP contribution in [0.4, 0.5) is 11.4 Å². The SMILES string of the molecule is Cc1ccc(-c2nc3cc(Cl)ccc3o2)cc1NC(=O)c1cc([N+](=O)[O-])ccc1Cl. The van der Waals surface area contributed by atoms with E-state index >= 15 is 0 Å². The summed E-state index contributed by atoms with van der Waals surface area (Å²) in [7, 11) is 0. The molecule has 0 atom stereocenters. The van der Waals surface area contributed by atoms with Gasteiger partial charge in [0.15, 0.2) is 5.58 Å². The van der Waals surface area contributed by atoms with Gasteiger partial charge in [0, 0.05) is 28.4 Å². The molecule has 1 heterocycles. The second kappa shape index (κ2) is 7.78. The summed E-state index contributed by atoms with van der Waals surface area (Å²) >= 11 is 12.1.